The normalized spacial score (nSPS) is 14.4. The standard InChI is InChI=1S/C12H18FNO2S/c1-9(14-6-7-17(3)15)10-4-5-12(16-2)11(13)8-10/h4-5,8-9,14H,6-7H2,1-3H3. The molecular weight excluding hydrogens is 241 g/mol. The van der Waals surface area contributed by atoms with Gasteiger partial charge in [0.1, 0.15) is 0 Å². The highest BCUT2D eigenvalue weighted by Crippen LogP contribution is 2.21. The summed E-state index contributed by atoms with van der Waals surface area (Å²) in [6.07, 6.45) is 1.67. The molecule has 1 rings (SSSR count). The molecule has 0 bridgehead atoms. The number of hydrogen-bond donors (Lipinski definition) is 1. The van der Waals surface area contributed by atoms with Crippen molar-refractivity contribution >= 4 is 10.8 Å². The molecule has 0 radical (unpaired) electrons. The zero-order valence-corrected chi connectivity index (χ0v) is 11.1. The second-order valence-corrected chi connectivity index (χ2v) is 5.40. The number of methoxy groups -OCH3 is 1. The lowest BCUT2D eigenvalue weighted by atomic mass is 10.1. The second-order valence-electron chi connectivity index (χ2n) is 3.85. The highest BCUT2D eigenvalue weighted by Gasteiger charge is 2.09. The third-order valence-electron chi connectivity index (χ3n) is 2.52. The van der Waals surface area contributed by atoms with E-state index < -0.39 is 10.8 Å². The van der Waals surface area contributed by atoms with Gasteiger partial charge in [-0.2, -0.15) is 0 Å². The second kappa shape index (κ2) is 6.71. The summed E-state index contributed by atoms with van der Waals surface area (Å²) in [5, 5.41) is 3.19. The first-order chi connectivity index (χ1) is 8.04. The predicted octanol–water partition coefficient (Wildman–Crippen LogP) is 1.86. The molecule has 17 heavy (non-hydrogen) atoms. The van der Waals surface area contributed by atoms with Crippen LogP contribution in [0.1, 0.15) is 18.5 Å². The van der Waals surface area contributed by atoms with Crippen molar-refractivity contribution in [1.82, 2.24) is 5.32 Å². The molecule has 2 unspecified atom stereocenters. The van der Waals surface area contributed by atoms with Crippen molar-refractivity contribution in [1.29, 1.82) is 0 Å². The van der Waals surface area contributed by atoms with Crippen molar-refractivity contribution in [3.63, 3.8) is 0 Å². The maximum absolute atomic E-state index is 13.5. The van der Waals surface area contributed by atoms with Crippen LogP contribution < -0.4 is 10.1 Å². The zero-order chi connectivity index (χ0) is 12.8. The molecule has 1 N–H and O–H groups in total. The van der Waals surface area contributed by atoms with E-state index in [9.17, 15) is 8.60 Å². The first-order valence-corrected chi connectivity index (χ1v) is 7.14. The van der Waals surface area contributed by atoms with Crippen LogP contribution in [0.5, 0.6) is 5.75 Å². The van der Waals surface area contributed by atoms with Crippen molar-refractivity contribution < 1.29 is 13.3 Å². The summed E-state index contributed by atoms with van der Waals surface area (Å²) >= 11 is 0. The Hall–Kier alpha value is -0.940. The van der Waals surface area contributed by atoms with Gasteiger partial charge in [-0.05, 0) is 24.6 Å². The number of hydrogen-bond acceptors (Lipinski definition) is 3. The number of halogens is 1. The van der Waals surface area contributed by atoms with Crippen LogP contribution in [0.25, 0.3) is 0 Å². The molecule has 5 heteroatoms. The average molecular weight is 259 g/mol. The lowest BCUT2D eigenvalue weighted by Gasteiger charge is -2.14. The number of benzene rings is 1. The summed E-state index contributed by atoms with van der Waals surface area (Å²) in [4.78, 5) is 0. The minimum absolute atomic E-state index is 0.0268. The molecule has 1 aromatic carbocycles. The Morgan fingerprint density at radius 1 is 1.53 bits per heavy atom. The Kier molecular flexibility index (Phi) is 5.58. The Labute approximate surface area is 104 Å². The van der Waals surface area contributed by atoms with E-state index in [1.807, 2.05) is 13.0 Å². The van der Waals surface area contributed by atoms with Gasteiger partial charge in [-0.25, -0.2) is 4.39 Å². The molecule has 0 amide bonds. The lowest BCUT2D eigenvalue weighted by molar-refractivity contribution is 0.385. The Bertz CT molecular complexity index is 398. The van der Waals surface area contributed by atoms with Crippen LogP contribution in [-0.4, -0.2) is 29.9 Å². The van der Waals surface area contributed by atoms with Gasteiger partial charge < -0.3 is 10.1 Å². The molecule has 0 heterocycles. The van der Waals surface area contributed by atoms with E-state index in [2.05, 4.69) is 5.32 Å². The summed E-state index contributed by atoms with van der Waals surface area (Å²) in [5.41, 5.74) is 0.852. The van der Waals surface area contributed by atoms with Gasteiger partial charge >= 0.3 is 0 Å². The van der Waals surface area contributed by atoms with Crippen molar-refractivity contribution in [2.45, 2.75) is 13.0 Å². The van der Waals surface area contributed by atoms with E-state index >= 15 is 0 Å². The fraction of sp³-hybridized carbons (Fsp3) is 0.500. The smallest absolute Gasteiger partial charge is 0.165 e. The highest BCUT2D eigenvalue weighted by atomic mass is 32.2. The van der Waals surface area contributed by atoms with E-state index in [0.717, 1.165) is 5.56 Å². The molecular formula is C12H18FNO2S. The van der Waals surface area contributed by atoms with Crippen LogP contribution in [0.2, 0.25) is 0 Å². The summed E-state index contributed by atoms with van der Waals surface area (Å²) in [5.74, 6) is 0.483. The molecule has 96 valence electrons. The van der Waals surface area contributed by atoms with Crippen LogP contribution in [0.4, 0.5) is 4.39 Å². The van der Waals surface area contributed by atoms with Crippen LogP contribution in [0.3, 0.4) is 0 Å². The highest BCUT2D eigenvalue weighted by molar-refractivity contribution is 7.84. The molecule has 0 aliphatic heterocycles. The molecule has 0 aliphatic rings. The Balaban J connectivity index is 2.59. The summed E-state index contributed by atoms with van der Waals surface area (Å²) in [6.45, 7) is 2.59. The minimum Gasteiger partial charge on any atom is -0.494 e. The fourth-order valence-corrected chi connectivity index (χ4v) is 1.89. The van der Waals surface area contributed by atoms with Crippen molar-refractivity contribution in [3.8, 4) is 5.75 Å². The van der Waals surface area contributed by atoms with Crippen molar-refractivity contribution in [3.05, 3.63) is 29.6 Å². The van der Waals surface area contributed by atoms with Gasteiger partial charge in [-0.1, -0.05) is 6.07 Å². The van der Waals surface area contributed by atoms with E-state index in [1.54, 1.807) is 12.3 Å². The van der Waals surface area contributed by atoms with Gasteiger partial charge in [0.2, 0.25) is 0 Å². The van der Waals surface area contributed by atoms with E-state index in [4.69, 9.17) is 4.74 Å². The van der Waals surface area contributed by atoms with E-state index in [0.29, 0.717) is 12.3 Å². The van der Waals surface area contributed by atoms with E-state index in [-0.39, 0.29) is 17.6 Å². The van der Waals surface area contributed by atoms with Gasteiger partial charge in [0.25, 0.3) is 0 Å². The fourth-order valence-electron chi connectivity index (χ4n) is 1.49. The number of rotatable bonds is 6. The van der Waals surface area contributed by atoms with Crippen LogP contribution >= 0.6 is 0 Å². The molecule has 2 atom stereocenters. The van der Waals surface area contributed by atoms with Gasteiger partial charge in [0.05, 0.1) is 7.11 Å². The molecule has 0 aromatic heterocycles. The molecule has 0 saturated heterocycles. The topological polar surface area (TPSA) is 38.3 Å². The molecule has 3 nitrogen and oxygen atoms in total. The van der Waals surface area contributed by atoms with E-state index in [1.165, 1.54) is 13.2 Å². The van der Waals surface area contributed by atoms with Gasteiger partial charge in [0, 0.05) is 35.4 Å². The predicted molar refractivity (Wildman–Crippen MR) is 68.3 cm³/mol. The van der Waals surface area contributed by atoms with Crippen LogP contribution in [0.15, 0.2) is 18.2 Å². The molecule has 0 aliphatic carbocycles. The first-order valence-electron chi connectivity index (χ1n) is 5.41. The third-order valence-corrected chi connectivity index (χ3v) is 3.29. The molecule has 0 spiro atoms. The number of ether oxygens (including phenoxy) is 1. The van der Waals surface area contributed by atoms with Gasteiger partial charge in [-0.15, -0.1) is 0 Å². The average Bonchev–Trinajstić information content (AvgIpc) is 2.28. The molecule has 0 fully saturated rings. The van der Waals surface area contributed by atoms with Crippen LogP contribution in [0, 0.1) is 5.82 Å². The van der Waals surface area contributed by atoms with Gasteiger partial charge in [0.15, 0.2) is 11.6 Å². The zero-order valence-electron chi connectivity index (χ0n) is 10.3. The SMILES string of the molecule is COc1ccc(C(C)NCCS(C)=O)cc1F. The Morgan fingerprint density at radius 3 is 2.76 bits per heavy atom. The van der Waals surface area contributed by atoms with Crippen LogP contribution in [-0.2, 0) is 10.8 Å². The summed E-state index contributed by atoms with van der Waals surface area (Å²) < 4.78 is 29.2. The van der Waals surface area contributed by atoms with Crippen molar-refractivity contribution in [2.75, 3.05) is 25.7 Å². The quantitative estimate of drug-likeness (QED) is 0.847. The summed E-state index contributed by atoms with van der Waals surface area (Å²) in [7, 11) is 0.636. The largest absolute Gasteiger partial charge is 0.494 e. The maximum atomic E-state index is 13.5. The maximum Gasteiger partial charge on any atom is 0.165 e. The summed E-state index contributed by atoms with van der Waals surface area (Å²) in [6, 6.07) is 4.92. The number of nitrogens with one attached hydrogen (secondary N) is 1. The van der Waals surface area contributed by atoms with Crippen molar-refractivity contribution in [2.24, 2.45) is 0 Å². The lowest BCUT2D eigenvalue weighted by Crippen LogP contribution is -2.23. The van der Waals surface area contributed by atoms with Gasteiger partial charge in [-0.3, -0.25) is 4.21 Å². The Morgan fingerprint density at radius 2 is 2.24 bits per heavy atom. The first kappa shape index (κ1) is 14.1. The monoisotopic (exact) mass is 259 g/mol. The molecule has 0 saturated carbocycles. The minimum atomic E-state index is -0.804. The third kappa shape index (κ3) is 4.44. The molecule has 1 aromatic rings.